The molecular formula is C21H34N4O4. The second-order valence-corrected chi connectivity index (χ2v) is 7.48. The average molecular weight is 407 g/mol. The SMILES string of the molecule is COc1ccc(CCNC(=O)CN2CCCN(CC(=O)N(C)C)CC2)cc1OC. The van der Waals surface area contributed by atoms with Gasteiger partial charge in [0.15, 0.2) is 11.5 Å². The van der Waals surface area contributed by atoms with Crippen LogP contribution in [0.1, 0.15) is 12.0 Å². The molecule has 162 valence electrons. The third-order valence-corrected chi connectivity index (χ3v) is 5.09. The number of nitrogens with one attached hydrogen (secondary N) is 1. The summed E-state index contributed by atoms with van der Waals surface area (Å²) in [6, 6.07) is 5.79. The molecule has 0 atom stereocenters. The van der Waals surface area contributed by atoms with Gasteiger partial charge in [-0.15, -0.1) is 0 Å². The lowest BCUT2D eigenvalue weighted by Gasteiger charge is -2.22. The van der Waals surface area contributed by atoms with Crippen molar-refractivity contribution in [1.82, 2.24) is 20.0 Å². The smallest absolute Gasteiger partial charge is 0.236 e. The minimum absolute atomic E-state index is 0.0308. The highest BCUT2D eigenvalue weighted by molar-refractivity contribution is 5.78. The number of ether oxygens (including phenoxy) is 2. The molecular weight excluding hydrogens is 372 g/mol. The molecule has 1 fully saturated rings. The molecule has 8 heteroatoms. The Morgan fingerprint density at radius 1 is 1.00 bits per heavy atom. The Morgan fingerprint density at radius 3 is 2.28 bits per heavy atom. The highest BCUT2D eigenvalue weighted by Crippen LogP contribution is 2.27. The number of amides is 2. The minimum Gasteiger partial charge on any atom is -0.493 e. The molecule has 0 aliphatic carbocycles. The zero-order valence-corrected chi connectivity index (χ0v) is 18.1. The fraction of sp³-hybridized carbons (Fsp3) is 0.619. The molecule has 1 aromatic rings. The van der Waals surface area contributed by atoms with Crippen LogP contribution in [0.4, 0.5) is 0 Å². The zero-order chi connectivity index (χ0) is 21.2. The van der Waals surface area contributed by atoms with Gasteiger partial charge in [0.2, 0.25) is 11.8 Å². The molecule has 1 N–H and O–H groups in total. The van der Waals surface area contributed by atoms with E-state index in [2.05, 4.69) is 15.1 Å². The van der Waals surface area contributed by atoms with Crippen molar-refractivity contribution in [3.63, 3.8) is 0 Å². The zero-order valence-electron chi connectivity index (χ0n) is 18.1. The number of benzene rings is 1. The molecule has 8 nitrogen and oxygen atoms in total. The van der Waals surface area contributed by atoms with E-state index in [-0.39, 0.29) is 11.8 Å². The van der Waals surface area contributed by atoms with Crippen molar-refractivity contribution in [3.05, 3.63) is 23.8 Å². The first-order chi connectivity index (χ1) is 13.9. The second-order valence-electron chi connectivity index (χ2n) is 7.48. The molecule has 0 radical (unpaired) electrons. The van der Waals surface area contributed by atoms with Crippen LogP contribution in [-0.2, 0) is 16.0 Å². The summed E-state index contributed by atoms with van der Waals surface area (Å²) < 4.78 is 10.6. The van der Waals surface area contributed by atoms with Gasteiger partial charge in [-0.1, -0.05) is 6.07 Å². The van der Waals surface area contributed by atoms with Crippen LogP contribution < -0.4 is 14.8 Å². The average Bonchev–Trinajstić information content (AvgIpc) is 2.92. The predicted octanol–water partition coefficient (Wildman–Crippen LogP) is 0.458. The Kier molecular flexibility index (Phi) is 9.21. The first-order valence-electron chi connectivity index (χ1n) is 10.1. The van der Waals surface area contributed by atoms with E-state index in [1.807, 2.05) is 18.2 Å². The molecule has 2 amide bonds. The van der Waals surface area contributed by atoms with Gasteiger partial charge >= 0.3 is 0 Å². The maximum absolute atomic E-state index is 12.3. The summed E-state index contributed by atoms with van der Waals surface area (Å²) in [4.78, 5) is 30.1. The highest BCUT2D eigenvalue weighted by atomic mass is 16.5. The van der Waals surface area contributed by atoms with Crippen molar-refractivity contribution in [1.29, 1.82) is 0 Å². The largest absolute Gasteiger partial charge is 0.493 e. The summed E-state index contributed by atoms with van der Waals surface area (Å²) >= 11 is 0. The molecule has 0 spiro atoms. The quantitative estimate of drug-likeness (QED) is 0.642. The van der Waals surface area contributed by atoms with E-state index in [1.54, 1.807) is 33.2 Å². The third kappa shape index (κ3) is 7.55. The van der Waals surface area contributed by atoms with Gasteiger partial charge in [0.1, 0.15) is 0 Å². The van der Waals surface area contributed by atoms with Crippen molar-refractivity contribution < 1.29 is 19.1 Å². The molecule has 0 unspecified atom stereocenters. The van der Waals surface area contributed by atoms with Gasteiger partial charge in [-0.2, -0.15) is 0 Å². The Morgan fingerprint density at radius 2 is 1.66 bits per heavy atom. The molecule has 1 aromatic carbocycles. The summed E-state index contributed by atoms with van der Waals surface area (Å²) in [7, 11) is 6.78. The van der Waals surface area contributed by atoms with Crippen LogP contribution in [-0.4, -0.2) is 101 Å². The van der Waals surface area contributed by atoms with Crippen LogP contribution in [0, 0.1) is 0 Å². The van der Waals surface area contributed by atoms with E-state index in [0.29, 0.717) is 31.1 Å². The molecule has 1 saturated heterocycles. The fourth-order valence-corrected chi connectivity index (χ4v) is 3.31. The number of rotatable bonds is 9. The molecule has 1 heterocycles. The maximum atomic E-state index is 12.3. The van der Waals surface area contributed by atoms with Crippen molar-refractivity contribution >= 4 is 11.8 Å². The number of hydrogen-bond acceptors (Lipinski definition) is 6. The van der Waals surface area contributed by atoms with Crippen molar-refractivity contribution in [2.45, 2.75) is 12.8 Å². The van der Waals surface area contributed by atoms with E-state index in [4.69, 9.17) is 9.47 Å². The van der Waals surface area contributed by atoms with E-state index in [1.165, 1.54) is 0 Å². The summed E-state index contributed by atoms with van der Waals surface area (Å²) in [5.74, 6) is 1.54. The molecule has 0 bridgehead atoms. The van der Waals surface area contributed by atoms with Crippen LogP contribution in [0.15, 0.2) is 18.2 Å². The van der Waals surface area contributed by atoms with Crippen molar-refractivity contribution in [2.75, 3.05) is 74.1 Å². The van der Waals surface area contributed by atoms with E-state index in [9.17, 15) is 9.59 Å². The van der Waals surface area contributed by atoms with Gasteiger partial charge in [-0.25, -0.2) is 0 Å². The lowest BCUT2D eigenvalue weighted by atomic mass is 10.1. The van der Waals surface area contributed by atoms with Crippen LogP contribution in [0.25, 0.3) is 0 Å². The molecule has 1 aliphatic rings. The molecule has 2 rings (SSSR count). The van der Waals surface area contributed by atoms with Gasteiger partial charge in [-0.3, -0.25) is 19.4 Å². The Bertz CT molecular complexity index is 681. The Labute approximate surface area is 173 Å². The maximum Gasteiger partial charge on any atom is 0.236 e. The molecule has 29 heavy (non-hydrogen) atoms. The first kappa shape index (κ1) is 23.0. The Balaban J connectivity index is 1.72. The lowest BCUT2D eigenvalue weighted by Crippen LogP contribution is -2.41. The van der Waals surface area contributed by atoms with E-state index in [0.717, 1.165) is 44.6 Å². The number of nitrogens with zero attached hydrogens (tertiary/aromatic N) is 3. The van der Waals surface area contributed by atoms with Gasteiger partial charge < -0.3 is 19.7 Å². The third-order valence-electron chi connectivity index (χ3n) is 5.09. The Hall–Kier alpha value is -2.32. The number of hydrogen-bond donors (Lipinski definition) is 1. The molecule has 1 aliphatic heterocycles. The van der Waals surface area contributed by atoms with Crippen molar-refractivity contribution in [3.8, 4) is 11.5 Å². The topological polar surface area (TPSA) is 74.4 Å². The summed E-state index contributed by atoms with van der Waals surface area (Å²) in [6.07, 6.45) is 1.69. The normalized spacial score (nSPS) is 15.4. The first-order valence-corrected chi connectivity index (χ1v) is 10.1. The fourth-order valence-electron chi connectivity index (χ4n) is 3.31. The van der Waals surface area contributed by atoms with Gasteiger partial charge in [0.25, 0.3) is 0 Å². The number of carbonyl (C=O) groups is 2. The summed E-state index contributed by atoms with van der Waals surface area (Å²) in [5, 5.41) is 3.00. The molecule has 0 saturated carbocycles. The highest BCUT2D eigenvalue weighted by Gasteiger charge is 2.19. The van der Waals surface area contributed by atoms with Gasteiger partial charge in [-0.05, 0) is 43.6 Å². The monoisotopic (exact) mass is 406 g/mol. The van der Waals surface area contributed by atoms with Crippen LogP contribution in [0.3, 0.4) is 0 Å². The predicted molar refractivity (Wildman–Crippen MR) is 112 cm³/mol. The standard InChI is InChI=1S/C21H34N4O4/c1-23(2)21(27)16-25-11-5-10-24(12-13-25)15-20(26)22-9-8-17-6-7-18(28-3)19(14-17)29-4/h6-7,14H,5,8-13,15-16H2,1-4H3,(H,22,26). The minimum atomic E-state index is 0.0308. The van der Waals surface area contributed by atoms with Crippen molar-refractivity contribution in [2.24, 2.45) is 0 Å². The summed E-state index contributed by atoms with van der Waals surface area (Å²) in [5.41, 5.74) is 1.08. The van der Waals surface area contributed by atoms with E-state index >= 15 is 0 Å². The number of likely N-dealkylation sites (N-methyl/N-ethyl adjacent to an activating group) is 1. The van der Waals surface area contributed by atoms with Crippen LogP contribution >= 0.6 is 0 Å². The van der Waals surface area contributed by atoms with Gasteiger partial charge in [0, 0.05) is 33.7 Å². The van der Waals surface area contributed by atoms with E-state index < -0.39 is 0 Å². The number of carbonyl (C=O) groups excluding carboxylic acids is 2. The lowest BCUT2D eigenvalue weighted by molar-refractivity contribution is -0.130. The van der Waals surface area contributed by atoms with Crippen LogP contribution in [0.5, 0.6) is 11.5 Å². The van der Waals surface area contributed by atoms with Crippen LogP contribution in [0.2, 0.25) is 0 Å². The second kappa shape index (κ2) is 11.6. The summed E-state index contributed by atoms with van der Waals surface area (Å²) in [6.45, 7) is 4.76. The molecule has 0 aromatic heterocycles. The van der Waals surface area contributed by atoms with Gasteiger partial charge in [0.05, 0.1) is 27.3 Å². The number of methoxy groups -OCH3 is 2.